The maximum absolute atomic E-state index is 12.4. The van der Waals surface area contributed by atoms with Gasteiger partial charge in [-0.15, -0.1) is 17.9 Å². The first-order valence-electron chi connectivity index (χ1n) is 6.55. The molecule has 2 amide bonds. The average molecular weight is 321 g/mol. The van der Waals surface area contributed by atoms with E-state index >= 15 is 0 Å². The summed E-state index contributed by atoms with van der Waals surface area (Å²) in [6.45, 7) is 6.68. The number of benzene rings is 1. The number of nitrogens with one attached hydrogen (secondary N) is 1. The first kappa shape index (κ1) is 15.6. The van der Waals surface area contributed by atoms with E-state index in [0.29, 0.717) is 23.8 Å². The number of hydrogen-bond donors (Lipinski definition) is 1. The molecule has 110 valence electrons. The lowest BCUT2D eigenvalue weighted by molar-refractivity contribution is 0.215. The van der Waals surface area contributed by atoms with Crippen molar-refractivity contribution in [3.63, 3.8) is 0 Å². The molecule has 0 aliphatic rings. The van der Waals surface area contributed by atoms with E-state index < -0.39 is 0 Å². The van der Waals surface area contributed by atoms with E-state index in [-0.39, 0.29) is 6.03 Å². The van der Waals surface area contributed by atoms with Gasteiger partial charge in [0.15, 0.2) is 0 Å². The molecule has 1 N–H and O–H groups in total. The van der Waals surface area contributed by atoms with Gasteiger partial charge >= 0.3 is 6.03 Å². The summed E-state index contributed by atoms with van der Waals surface area (Å²) in [7, 11) is 0. The third-order valence-electron chi connectivity index (χ3n) is 2.99. The number of anilines is 1. The second-order valence-electron chi connectivity index (χ2n) is 4.64. The second-order valence-corrected chi connectivity index (χ2v) is 6.08. The van der Waals surface area contributed by atoms with Crippen LogP contribution in [-0.4, -0.2) is 17.5 Å². The van der Waals surface area contributed by atoms with Gasteiger partial charge < -0.3 is 10.2 Å². The fourth-order valence-electron chi connectivity index (χ4n) is 1.84. The number of hydrogen-bond acceptors (Lipinski definition) is 2. The molecule has 0 fully saturated rings. The number of thiophene rings is 1. The highest BCUT2D eigenvalue weighted by molar-refractivity contribution is 7.09. The van der Waals surface area contributed by atoms with Crippen LogP contribution in [0.25, 0.3) is 0 Å². The van der Waals surface area contributed by atoms with Crippen molar-refractivity contribution in [3.05, 3.63) is 63.8 Å². The molecule has 0 aliphatic heterocycles. The zero-order valence-corrected chi connectivity index (χ0v) is 13.4. The number of aryl methyl sites for hydroxylation is 1. The summed E-state index contributed by atoms with van der Waals surface area (Å²) in [6.07, 6.45) is 1.72. The Kier molecular flexibility index (Phi) is 5.42. The molecule has 0 atom stereocenters. The molecule has 5 heteroatoms. The third-order valence-corrected chi connectivity index (χ3v) is 4.25. The highest BCUT2D eigenvalue weighted by Gasteiger charge is 2.13. The van der Waals surface area contributed by atoms with E-state index in [1.165, 1.54) is 0 Å². The van der Waals surface area contributed by atoms with Gasteiger partial charge in [0.1, 0.15) is 0 Å². The van der Waals surface area contributed by atoms with Crippen LogP contribution in [0.5, 0.6) is 0 Å². The number of rotatable bonds is 5. The molecular weight excluding hydrogens is 304 g/mol. The van der Waals surface area contributed by atoms with Crippen molar-refractivity contribution in [2.45, 2.75) is 13.5 Å². The van der Waals surface area contributed by atoms with Crippen molar-refractivity contribution < 1.29 is 4.79 Å². The van der Waals surface area contributed by atoms with Crippen LogP contribution in [0.15, 0.2) is 48.4 Å². The summed E-state index contributed by atoms with van der Waals surface area (Å²) >= 11 is 7.70. The van der Waals surface area contributed by atoms with Crippen LogP contribution in [0.4, 0.5) is 10.5 Å². The summed E-state index contributed by atoms with van der Waals surface area (Å²) in [4.78, 5) is 15.2. The van der Waals surface area contributed by atoms with Crippen LogP contribution in [0, 0.1) is 6.92 Å². The molecule has 0 unspecified atom stereocenters. The van der Waals surface area contributed by atoms with Crippen LogP contribution in [0.1, 0.15) is 10.4 Å². The van der Waals surface area contributed by atoms with Crippen LogP contribution in [0.2, 0.25) is 5.02 Å². The number of carbonyl (C=O) groups excluding carboxylic acids is 1. The molecule has 2 rings (SSSR count). The number of carbonyl (C=O) groups is 1. The molecule has 1 aromatic carbocycles. The van der Waals surface area contributed by atoms with Gasteiger partial charge in [-0.05, 0) is 36.1 Å². The first-order valence-corrected chi connectivity index (χ1v) is 7.81. The predicted octanol–water partition coefficient (Wildman–Crippen LogP) is 4.93. The fraction of sp³-hybridized carbons (Fsp3) is 0.188. The summed E-state index contributed by atoms with van der Waals surface area (Å²) in [5.74, 6) is 0. The van der Waals surface area contributed by atoms with Crippen LogP contribution < -0.4 is 5.32 Å². The molecule has 0 saturated carbocycles. The maximum Gasteiger partial charge on any atom is 0.322 e. The van der Waals surface area contributed by atoms with Crippen LogP contribution >= 0.6 is 22.9 Å². The fourth-order valence-corrected chi connectivity index (χ4v) is 2.74. The van der Waals surface area contributed by atoms with Crippen molar-refractivity contribution in [3.8, 4) is 0 Å². The van der Waals surface area contributed by atoms with E-state index in [0.717, 1.165) is 10.4 Å². The molecule has 2 aromatic rings. The van der Waals surface area contributed by atoms with Crippen molar-refractivity contribution >= 4 is 34.7 Å². The van der Waals surface area contributed by atoms with Crippen molar-refractivity contribution in [1.29, 1.82) is 0 Å². The van der Waals surface area contributed by atoms with Crippen molar-refractivity contribution in [1.82, 2.24) is 4.90 Å². The molecule has 0 saturated heterocycles. The lowest BCUT2D eigenvalue weighted by Crippen LogP contribution is -2.34. The molecule has 1 aromatic heterocycles. The van der Waals surface area contributed by atoms with Gasteiger partial charge in [0.2, 0.25) is 0 Å². The highest BCUT2D eigenvalue weighted by Crippen LogP contribution is 2.20. The molecule has 3 nitrogen and oxygen atoms in total. The number of amides is 2. The van der Waals surface area contributed by atoms with E-state index in [1.807, 2.05) is 36.6 Å². The molecule has 1 heterocycles. The Morgan fingerprint density at radius 2 is 2.29 bits per heavy atom. The first-order chi connectivity index (χ1) is 10.1. The van der Waals surface area contributed by atoms with E-state index in [9.17, 15) is 4.79 Å². The Balaban J connectivity index is 2.07. The maximum atomic E-state index is 12.4. The summed E-state index contributed by atoms with van der Waals surface area (Å²) in [5.41, 5.74) is 1.67. The lowest BCUT2D eigenvalue weighted by Gasteiger charge is -2.21. The average Bonchev–Trinajstić information content (AvgIpc) is 2.95. The second kappa shape index (κ2) is 7.29. The standard InChI is InChI=1S/C16H17ClN2OS/c1-3-8-19(11-14-5-4-9-21-14)16(20)18-13-7-6-12(2)15(17)10-13/h3-7,9-10H,1,8,11H2,2H3,(H,18,20). The SMILES string of the molecule is C=CCN(Cc1cccs1)C(=O)Nc1ccc(C)c(Cl)c1. The zero-order valence-electron chi connectivity index (χ0n) is 11.8. The van der Waals surface area contributed by atoms with E-state index in [2.05, 4.69) is 11.9 Å². The number of urea groups is 1. The van der Waals surface area contributed by atoms with Gasteiger partial charge in [0.05, 0.1) is 6.54 Å². The van der Waals surface area contributed by atoms with Gasteiger partial charge in [-0.25, -0.2) is 4.79 Å². The van der Waals surface area contributed by atoms with E-state index in [1.54, 1.807) is 28.4 Å². The minimum Gasteiger partial charge on any atom is -0.316 e. The van der Waals surface area contributed by atoms with Gasteiger partial charge in [-0.3, -0.25) is 0 Å². The lowest BCUT2D eigenvalue weighted by atomic mass is 10.2. The normalized spacial score (nSPS) is 10.2. The Hall–Kier alpha value is -1.78. The third kappa shape index (κ3) is 4.34. The molecule has 0 bridgehead atoms. The van der Waals surface area contributed by atoms with Crippen molar-refractivity contribution in [2.75, 3.05) is 11.9 Å². The van der Waals surface area contributed by atoms with Gasteiger partial charge in [-0.2, -0.15) is 0 Å². The minimum atomic E-state index is -0.164. The smallest absolute Gasteiger partial charge is 0.316 e. The molecular formula is C16H17ClN2OS. The summed E-state index contributed by atoms with van der Waals surface area (Å²) < 4.78 is 0. The summed E-state index contributed by atoms with van der Waals surface area (Å²) in [6, 6.07) is 9.31. The quantitative estimate of drug-likeness (QED) is 0.778. The van der Waals surface area contributed by atoms with Gasteiger partial charge in [0, 0.05) is 22.1 Å². The van der Waals surface area contributed by atoms with Gasteiger partial charge in [-0.1, -0.05) is 29.8 Å². The highest BCUT2D eigenvalue weighted by atomic mass is 35.5. The molecule has 0 spiro atoms. The zero-order chi connectivity index (χ0) is 15.2. The Bertz CT molecular complexity index is 625. The largest absolute Gasteiger partial charge is 0.322 e. The molecule has 21 heavy (non-hydrogen) atoms. The number of halogens is 1. The van der Waals surface area contributed by atoms with E-state index in [4.69, 9.17) is 11.6 Å². The van der Waals surface area contributed by atoms with Crippen molar-refractivity contribution in [2.24, 2.45) is 0 Å². The Morgan fingerprint density at radius 3 is 2.90 bits per heavy atom. The molecule has 0 radical (unpaired) electrons. The topological polar surface area (TPSA) is 32.3 Å². The number of nitrogens with zero attached hydrogens (tertiary/aromatic N) is 1. The van der Waals surface area contributed by atoms with Gasteiger partial charge in [0.25, 0.3) is 0 Å². The summed E-state index contributed by atoms with van der Waals surface area (Å²) in [5, 5.41) is 5.51. The van der Waals surface area contributed by atoms with Crippen LogP contribution in [-0.2, 0) is 6.54 Å². The minimum absolute atomic E-state index is 0.164. The Labute approximate surface area is 133 Å². The monoisotopic (exact) mass is 320 g/mol. The Morgan fingerprint density at radius 1 is 1.48 bits per heavy atom. The molecule has 0 aliphatic carbocycles. The predicted molar refractivity (Wildman–Crippen MR) is 90.1 cm³/mol. The van der Waals surface area contributed by atoms with Crippen LogP contribution in [0.3, 0.4) is 0 Å².